The van der Waals surface area contributed by atoms with Crippen molar-refractivity contribution in [3.05, 3.63) is 63.7 Å². The normalized spacial score (nSPS) is 14.5. The Hall–Kier alpha value is -1.11. The summed E-state index contributed by atoms with van der Waals surface area (Å²) in [6.45, 7) is 6.87. The second-order valence-electron chi connectivity index (χ2n) is 6.91. The summed E-state index contributed by atoms with van der Waals surface area (Å²) in [4.78, 5) is 2.69. The van der Waals surface area contributed by atoms with Crippen molar-refractivity contribution >= 4 is 34.0 Å². The molecule has 2 aromatic carbocycles. The Morgan fingerprint density at radius 1 is 1.11 bits per heavy atom. The van der Waals surface area contributed by atoms with Gasteiger partial charge in [-0.2, -0.15) is 0 Å². The predicted molar refractivity (Wildman–Crippen MR) is 113 cm³/mol. The van der Waals surface area contributed by atoms with Gasteiger partial charge in [-0.15, -0.1) is 12.4 Å². The molecule has 148 valence electrons. The first-order valence-corrected chi connectivity index (χ1v) is 10.8. The van der Waals surface area contributed by atoms with Crippen molar-refractivity contribution < 1.29 is 8.42 Å². The fourth-order valence-corrected chi connectivity index (χ4v) is 4.98. The summed E-state index contributed by atoms with van der Waals surface area (Å²) in [7, 11) is -3.51. The minimum absolute atomic E-state index is 0. The number of fused-ring (bicyclic) bond motifs is 1. The van der Waals surface area contributed by atoms with Gasteiger partial charge in [0.2, 0.25) is 10.0 Å². The van der Waals surface area contributed by atoms with Gasteiger partial charge in [-0.3, -0.25) is 4.90 Å². The molecule has 2 aromatic rings. The molecule has 1 heterocycles. The van der Waals surface area contributed by atoms with Crippen molar-refractivity contribution in [2.75, 3.05) is 19.6 Å². The Kier molecular flexibility index (Phi) is 7.72. The van der Waals surface area contributed by atoms with Crippen LogP contribution in [0.2, 0.25) is 5.02 Å². The van der Waals surface area contributed by atoms with E-state index < -0.39 is 10.0 Å². The van der Waals surface area contributed by atoms with Gasteiger partial charge in [0, 0.05) is 24.7 Å². The van der Waals surface area contributed by atoms with E-state index in [4.69, 9.17) is 11.6 Å². The van der Waals surface area contributed by atoms with Crippen LogP contribution < -0.4 is 4.72 Å². The summed E-state index contributed by atoms with van der Waals surface area (Å²) in [5, 5.41) is 0.590. The lowest BCUT2D eigenvalue weighted by molar-refractivity contribution is 0.251. The maximum absolute atomic E-state index is 12.6. The third kappa shape index (κ3) is 5.46. The van der Waals surface area contributed by atoms with Crippen molar-refractivity contribution in [3.63, 3.8) is 0 Å². The molecule has 0 bridgehead atoms. The van der Waals surface area contributed by atoms with Gasteiger partial charge in [0.15, 0.2) is 0 Å². The number of rotatable bonds is 6. The Morgan fingerprint density at radius 2 is 1.81 bits per heavy atom. The van der Waals surface area contributed by atoms with Gasteiger partial charge in [0.25, 0.3) is 0 Å². The zero-order valence-corrected chi connectivity index (χ0v) is 18.1. The van der Waals surface area contributed by atoms with Crippen LogP contribution in [0, 0.1) is 13.8 Å². The van der Waals surface area contributed by atoms with Gasteiger partial charge in [-0.05, 0) is 67.6 Å². The van der Waals surface area contributed by atoms with Gasteiger partial charge in [0.1, 0.15) is 0 Å². The summed E-state index contributed by atoms with van der Waals surface area (Å²) in [5.41, 5.74) is 4.25. The monoisotopic (exact) mass is 428 g/mol. The highest BCUT2D eigenvalue weighted by Gasteiger charge is 2.19. The van der Waals surface area contributed by atoms with Crippen LogP contribution in [0.1, 0.15) is 28.7 Å². The van der Waals surface area contributed by atoms with Gasteiger partial charge in [0.05, 0.1) is 4.90 Å². The minimum Gasteiger partial charge on any atom is -0.299 e. The Bertz CT molecular complexity index is 901. The lowest BCUT2D eigenvalue weighted by atomic mass is 10.00. The Balaban J connectivity index is 0.00000261. The topological polar surface area (TPSA) is 49.4 Å². The van der Waals surface area contributed by atoms with E-state index in [2.05, 4.69) is 33.9 Å². The first kappa shape index (κ1) is 22.2. The summed E-state index contributed by atoms with van der Waals surface area (Å²) in [6.07, 6.45) is 1.85. The average molecular weight is 429 g/mol. The second-order valence-corrected chi connectivity index (χ2v) is 9.06. The number of nitrogens with one attached hydrogen (secondary N) is 1. The van der Waals surface area contributed by atoms with E-state index in [1.807, 2.05) is 6.92 Å². The number of nitrogens with zero attached hydrogens (tertiary/aromatic N) is 1. The van der Waals surface area contributed by atoms with Crippen molar-refractivity contribution in [1.82, 2.24) is 9.62 Å². The number of hydrogen-bond donors (Lipinski definition) is 1. The van der Waals surface area contributed by atoms with E-state index in [0.29, 0.717) is 22.0 Å². The molecule has 0 radical (unpaired) electrons. The second kappa shape index (κ2) is 9.39. The summed E-state index contributed by atoms with van der Waals surface area (Å²) < 4.78 is 27.9. The van der Waals surface area contributed by atoms with Crippen molar-refractivity contribution in [2.24, 2.45) is 0 Å². The molecule has 0 amide bonds. The van der Waals surface area contributed by atoms with Crippen molar-refractivity contribution in [1.29, 1.82) is 0 Å². The molecule has 0 aliphatic carbocycles. The van der Waals surface area contributed by atoms with Crippen LogP contribution in [-0.4, -0.2) is 33.0 Å². The fourth-order valence-electron chi connectivity index (χ4n) is 3.38. The quantitative estimate of drug-likeness (QED) is 0.704. The van der Waals surface area contributed by atoms with E-state index in [-0.39, 0.29) is 12.4 Å². The van der Waals surface area contributed by atoms with Gasteiger partial charge >= 0.3 is 0 Å². The molecule has 1 aliphatic rings. The number of sulfonamides is 1. The standard InChI is InChI=1S/C20H25ClN2O2S.ClH/c1-15-13-20(16(2)12-19(15)21)26(24,25)22-9-5-10-23-11-8-17-6-3-4-7-18(17)14-23;/h3-4,6-7,12-13,22H,5,8-11,14H2,1-2H3;1H. The molecule has 0 saturated carbocycles. The highest BCUT2D eigenvalue weighted by atomic mass is 35.5. The number of benzene rings is 2. The van der Waals surface area contributed by atoms with E-state index >= 15 is 0 Å². The van der Waals surface area contributed by atoms with Crippen LogP contribution in [0.3, 0.4) is 0 Å². The molecule has 1 aliphatic heterocycles. The lowest BCUT2D eigenvalue weighted by Gasteiger charge is -2.28. The number of aryl methyl sites for hydroxylation is 2. The highest BCUT2D eigenvalue weighted by Crippen LogP contribution is 2.24. The first-order chi connectivity index (χ1) is 12.4. The zero-order chi connectivity index (χ0) is 18.7. The zero-order valence-electron chi connectivity index (χ0n) is 15.7. The van der Waals surface area contributed by atoms with E-state index in [1.54, 1.807) is 19.1 Å². The predicted octanol–water partition coefficient (Wildman–Crippen LogP) is 4.11. The molecule has 27 heavy (non-hydrogen) atoms. The van der Waals surface area contributed by atoms with Crippen LogP contribution in [0.25, 0.3) is 0 Å². The largest absolute Gasteiger partial charge is 0.299 e. The van der Waals surface area contributed by atoms with Gasteiger partial charge in [-0.1, -0.05) is 35.9 Å². The van der Waals surface area contributed by atoms with Crippen LogP contribution in [-0.2, 0) is 23.0 Å². The molecular weight excluding hydrogens is 403 g/mol. The third-order valence-corrected chi connectivity index (χ3v) is 6.91. The Labute approximate surface area is 173 Å². The van der Waals surface area contributed by atoms with Crippen LogP contribution in [0.15, 0.2) is 41.3 Å². The van der Waals surface area contributed by atoms with E-state index in [1.165, 1.54) is 11.1 Å². The highest BCUT2D eigenvalue weighted by molar-refractivity contribution is 7.89. The van der Waals surface area contributed by atoms with Crippen LogP contribution >= 0.6 is 24.0 Å². The van der Waals surface area contributed by atoms with Crippen LogP contribution in [0.5, 0.6) is 0 Å². The molecule has 0 atom stereocenters. The number of hydrogen-bond acceptors (Lipinski definition) is 3. The van der Waals surface area contributed by atoms with Crippen LogP contribution in [0.4, 0.5) is 0 Å². The summed E-state index contributed by atoms with van der Waals surface area (Å²) >= 11 is 6.06. The molecular formula is C20H26Cl2N2O2S. The van der Waals surface area contributed by atoms with E-state index in [9.17, 15) is 8.42 Å². The van der Waals surface area contributed by atoms with Gasteiger partial charge < -0.3 is 0 Å². The molecule has 0 unspecified atom stereocenters. The maximum Gasteiger partial charge on any atom is 0.240 e. The first-order valence-electron chi connectivity index (χ1n) is 8.92. The number of halogens is 2. The molecule has 7 heteroatoms. The summed E-state index contributed by atoms with van der Waals surface area (Å²) in [5.74, 6) is 0. The molecule has 0 spiro atoms. The molecule has 3 rings (SSSR count). The molecule has 0 saturated heterocycles. The molecule has 0 aromatic heterocycles. The maximum atomic E-state index is 12.6. The summed E-state index contributed by atoms with van der Waals surface area (Å²) in [6, 6.07) is 11.9. The lowest BCUT2D eigenvalue weighted by Crippen LogP contribution is -2.33. The van der Waals surface area contributed by atoms with Crippen molar-refractivity contribution in [2.45, 2.75) is 38.1 Å². The molecule has 4 nitrogen and oxygen atoms in total. The Morgan fingerprint density at radius 3 is 2.56 bits per heavy atom. The van der Waals surface area contributed by atoms with Crippen molar-refractivity contribution in [3.8, 4) is 0 Å². The average Bonchev–Trinajstić information content (AvgIpc) is 2.61. The van der Waals surface area contributed by atoms with E-state index in [0.717, 1.165) is 38.0 Å². The SMILES string of the molecule is Cc1cc(S(=O)(=O)NCCCN2CCc3ccccc3C2)c(C)cc1Cl.Cl. The fraction of sp³-hybridized carbons (Fsp3) is 0.400. The molecule has 0 fully saturated rings. The third-order valence-electron chi connectivity index (χ3n) is 4.90. The minimum atomic E-state index is -3.51. The smallest absolute Gasteiger partial charge is 0.240 e. The van der Waals surface area contributed by atoms with Gasteiger partial charge in [-0.25, -0.2) is 13.1 Å². The molecule has 1 N–H and O–H groups in total.